The quantitative estimate of drug-likeness (QED) is 0.617. The standard InChI is InChI=1S/C16H23NOS/c1-3-12-19-16-7-5-4-6-15(16)17-13-8-10-14(18-2)11-9-13/h3-7,13-14,17H,1,8-12H2,2H3. The molecule has 0 heterocycles. The van der Waals surface area contributed by atoms with Crippen LogP contribution in [-0.4, -0.2) is 25.0 Å². The average Bonchev–Trinajstić information content (AvgIpc) is 2.47. The molecule has 0 spiro atoms. The van der Waals surface area contributed by atoms with Crippen LogP contribution in [0.5, 0.6) is 0 Å². The van der Waals surface area contributed by atoms with E-state index in [0.717, 1.165) is 18.6 Å². The van der Waals surface area contributed by atoms with Crippen LogP contribution in [0.4, 0.5) is 5.69 Å². The highest BCUT2D eigenvalue weighted by Gasteiger charge is 2.21. The van der Waals surface area contributed by atoms with Crippen molar-refractivity contribution in [2.75, 3.05) is 18.2 Å². The molecular formula is C16H23NOS. The van der Waals surface area contributed by atoms with Gasteiger partial charge < -0.3 is 10.1 Å². The Morgan fingerprint density at radius 1 is 1.32 bits per heavy atom. The molecule has 1 aliphatic carbocycles. The van der Waals surface area contributed by atoms with Gasteiger partial charge in [-0.3, -0.25) is 0 Å². The van der Waals surface area contributed by atoms with E-state index in [1.165, 1.54) is 23.4 Å². The van der Waals surface area contributed by atoms with E-state index in [-0.39, 0.29) is 0 Å². The fourth-order valence-corrected chi connectivity index (χ4v) is 3.28. The van der Waals surface area contributed by atoms with Crippen molar-refractivity contribution in [2.45, 2.75) is 42.7 Å². The minimum absolute atomic E-state index is 0.462. The molecule has 1 aromatic rings. The van der Waals surface area contributed by atoms with Gasteiger partial charge in [0.25, 0.3) is 0 Å². The molecule has 0 saturated heterocycles. The number of hydrogen-bond donors (Lipinski definition) is 1. The summed E-state index contributed by atoms with van der Waals surface area (Å²) in [5.41, 5.74) is 1.26. The van der Waals surface area contributed by atoms with E-state index in [4.69, 9.17) is 4.74 Å². The molecule has 1 aromatic carbocycles. The molecule has 1 aliphatic rings. The molecule has 3 heteroatoms. The maximum Gasteiger partial charge on any atom is 0.0572 e. The van der Waals surface area contributed by atoms with Crippen LogP contribution in [0, 0.1) is 0 Å². The van der Waals surface area contributed by atoms with Gasteiger partial charge in [0.1, 0.15) is 0 Å². The van der Waals surface area contributed by atoms with E-state index in [1.54, 1.807) is 0 Å². The summed E-state index contributed by atoms with van der Waals surface area (Å²) in [6, 6.07) is 9.13. The van der Waals surface area contributed by atoms with Gasteiger partial charge in [0.15, 0.2) is 0 Å². The number of methoxy groups -OCH3 is 1. The van der Waals surface area contributed by atoms with Gasteiger partial charge in [0.2, 0.25) is 0 Å². The lowest BCUT2D eigenvalue weighted by atomic mass is 9.93. The van der Waals surface area contributed by atoms with Gasteiger partial charge in [0, 0.05) is 29.5 Å². The topological polar surface area (TPSA) is 21.3 Å². The highest BCUT2D eigenvalue weighted by atomic mass is 32.2. The van der Waals surface area contributed by atoms with Gasteiger partial charge in [-0.2, -0.15) is 0 Å². The first-order valence-electron chi connectivity index (χ1n) is 6.95. The Morgan fingerprint density at radius 2 is 2.05 bits per heavy atom. The zero-order chi connectivity index (χ0) is 13.5. The van der Waals surface area contributed by atoms with Crippen LogP contribution in [0.1, 0.15) is 25.7 Å². The minimum Gasteiger partial charge on any atom is -0.381 e. The fraction of sp³-hybridized carbons (Fsp3) is 0.500. The van der Waals surface area contributed by atoms with Crippen molar-refractivity contribution in [1.29, 1.82) is 0 Å². The Bertz CT molecular complexity index is 399. The minimum atomic E-state index is 0.462. The monoisotopic (exact) mass is 277 g/mol. The number of benzene rings is 1. The third kappa shape index (κ3) is 4.29. The second-order valence-electron chi connectivity index (χ2n) is 4.95. The highest BCUT2D eigenvalue weighted by Crippen LogP contribution is 2.30. The van der Waals surface area contributed by atoms with Crippen LogP contribution in [0.15, 0.2) is 41.8 Å². The molecule has 19 heavy (non-hydrogen) atoms. The molecule has 2 nitrogen and oxygen atoms in total. The van der Waals surface area contributed by atoms with Gasteiger partial charge in [-0.1, -0.05) is 18.2 Å². The number of thioether (sulfide) groups is 1. The normalized spacial score (nSPS) is 23.0. The van der Waals surface area contributed by atoms with E-state index < -0.39 is 0 Å². The lowest BCUT2D eigenvalue weighted by molar-refractivity contribution is 0.0681. The third-order valence-electron chi connectivity index (χ3n) is 3.61. The van der Waals surface area contributed by atoms with Crippen LogP contribution in [0.3, 0.4) is 0 Å². The molecule has 0 amide bonds. The fourth-order valence-electron chi connectivity index (χ4n) is 2.52. The average molecular weight is 277 g/mol. The third-order valence-corrected chi connectivity index (χ3v) is 4.68. The van der Waals surface area contributed by atoms with Crippen LogP contribution in [0.2, 0.25) is 0 Å². The molecule has 0 atom stereocenters. The molecule has 0 unspecified atom stereocenters. The lowest BCUT2D eigenvalue weighted by Gasteiger charge is -2.29. The Hall–Kier alpha value is -0.930. The summed E-state index contributed by atoms with van der Waals surface area (Å²) < 4.78 is 5.42. The summed E-state index contributed by atoms with van der Waals surface area (Å²) in [4.78, 5) is 1.32. The zero-order valence-corrected chi connectivity index (χ0v) is 12.4. The number of anilines is 1. The van der Waals surface area contributed by atoms with E-state index in [1.807, 2.05) is 24.9 Å². The predicted octanol–water partition coefficient (Wildman–Crippen LogP) is 4.33. The number of nitrogens with one attached hydrogen (secondary N) is 1. The number of hydrogen-bond acceptors (Lipinski definition) is 3. The summed E-state index contributed by atoms with van der Waals surface area (Å²) >= 11 is 1.84. The van der Waals surface area contributed by atoms with E-state index in [0.29, 0.717) is 12.1 Å². The lowest BCUT2D eigenvalue weighted by Crippen LogP contribution is -2.29. The highest BCUT2D eigenvalue weighted by molar-refractivity contribution is 7.99. The molecule has 0 bridgehead atoms. The molecule has 1 N–H and O–H groups in total. The maximum atomic E-state index is 5.42. The molecule has 0 radical (unpaired) electrons. The van der Waals surface area contributed by atoms with Crippen molar-refractivity contribution in [3.05, 3.63) is 36.9 Å². The second-order valence-corrected chi connectivity index (χ2v) is 6.01. The molecular weight excluding hydrogens is 254 g/mol. The Morgan fingerprint density at radius 3 is 2.74 bits per heavy atom. The molecule has 1 saturated carbocycles. The molecule has 1 fully saturated rings. The Balaban J connectivity index is 1.93. The van der Waals surface area contributed by atoms with Crippen molar-refractivity contribution >= 4 is 17.4 Å². The Labute approximate surface area is 120 Å². The van der Waals surface area contributed by atoms with E-state index >= 15 is 0 Å². The first kappa shape index (κ1) is 14.5. The summed E-state index contributed by atoms with van der Waals surface area (Å²) in [6.45, 7) is 3.78. The number of rotatable bonds is 6. The van der Waals surface area contributed by atoms with Crippen LogP contribution in [-0.2, 0) is 4.74 Å². The largest absolute Gasteiger partial charge is 0.381 e. The van der Waals surface area contributed by atoms with Gasteiger partial charge in [-0.25, -0.2) is 0 Å². The SMILES string of the molecule is C=CCSc1ccccc1NC1CCC(OC)CC1. The summed E-state index contributed by atoms with van der Waals surface area (Å²) in [5, 5.41) is 3.69. The van der Waals surface area contributed by atoms with Crippen molar-refractivity contribution in [3.63, 3.8) is 0 Å². The predicted molar refractivity (Wildman–Crippen MR) is 84.0 cm³/mol. The maximum absolute atomic E-state index is 5.42. The summed E-state index contributed by atoms with van der Waals surface area (Å²) in [6.07, 6.45) is 7.12. The molecule has 104 valence electrons. The molecule has 2 rings (SSSR count). The molecule has 0 aliphatic heterocycles. The van der Waals surface area contributed by atoms with Gasteiger partial charge in [-0.05, 0) is 37.8 Å². The first-order valence-corrected chi connectivity index (χ1v) is 7.94. The van der Waals surface area contributed by atoms with Crippen molar-refractivity contribution in [2.24, 2.45) is 0 Å². The van der Waals surface area contributed by atoms with Crippen LogP contribution < -0.4 is 5.32 Å². The van der Waals surface area contributed by atoms with Crippen molar-refractivity contribution in [3.8, 4) is 0 Å². The van der Waals surface area contributed by atoms with Gasteiger partial charge in [0.05, 0.1) is 6.10 Å². The number of para-hydroxylation sites is 1. The zero-order valence-electron chi connectivity index (χ0n) is 11.6. The van der Waals surface area contributed by atoms with Crippen LogP contribution >= 0.6 is 11.8 Å². The molecule has 0 aromatic heterocycles. The van der Waals surface area contributed by atoms with Gasteiger partial charge in [-0.15, -0.1) is 18.3 Å². The first-order chi connectivity index (χ1) is 9.33. The smallest absolute Gasteiger partial charge is 0.0572 e. The van der Waals surface area contributed by atoms with Crippen molar-refractivity contribution < 1.29 is 4.74 Å². The Kier molecular flexibility index (Phi) is 5.80. The van der Waals surface area contributed by atoms with Crippen LogP contribution in [0.25, 0.3) is 0 Å². The van der Waals surface area contributed by atoms with E-state index in [2.05, 4.69) is 36.2 Å². The summed E-state index contributed by atoms with van der Waals surface area (Å²) in [5.74, 6) is 0.953. The van der Waals surface area contributed by atoms with Crippen molar-refractivity contribution in [1.82, 2.24) is 0 Å². The van der Waals surface area contributed by atoms with Gasteiger partial charge >= 0.3 is 0 Å². The second kappa shape index (κ2) is 7.61. The van der Waals surface area contributed by atoms with E-state index in [9.17, 15) is 0 Å². The number of ether oxygens (including phenoxy) is 1. The summed E-state index contributed by atoms with van der Waals surface area (Å²) in [7, 11) is 1.82.